The molecule has 1 aromatic rings. The highest BCUT2D eigenvalue weighted by atomic mass is 19.3. The molecule has 0 N–H and O–H groups in total. The van der Waals surface area contributed by atoms with Crippen molar-refractivity contribution in [1.82, 2.24) is 9.80 Å². The summed E-state index contributed by atoms with van der Waals surface area (Å²) in [5.41, 5.74) is 0.449. The van der Waals surface area contributed by atoms with Gasteiger partial charge in [0.15, 0.2) is 0 Å². The van der Waals surface area contributed by atoms with E-state index in [4.69, 9.17) is 0 Å². The summed E-state index contributed by atoms with van der Waals surface area (Å²) in [5.74, 6) is -0.00321. The summed E-state index contributed by atoms with van der Waals surface area (Å²) in [6.07, 6.45) is 3.14. The average Bonchev–Trinajstić information content (AvgIpc) is 2.58. The van der Waals surface area contributed by atoms with Crippen LogP contribution < -0.4 is 4.74 Å². The van der Waals surface area contributed by atoms with Gasteiger partial charge in [0.05, 0.1) is 0 Å². The second-order valence-electron chi connectivity index (χ2n) is 6.95. The van der Waals surface area contributed by atoms with Crippen LogP contribution in [0.15, 0.2) is 24.3 Å². The van der Waals surface area contributed by atoms with Crippen LogP contribution in [-0.4, -0.2) is 54.9 Å². The second-order valence-corrected chi connectivity index (χ2v) is 6.95. The van der Waals surface area contributed by atoms with Crippen molar-refractivity contribution in [3.8, 4) is 5.75 Å². The lowest BCUT2D eigenvalue weighted by Gasteiger charge is -2.46. The monoisotopic (exact) mass is 352 g/mol. The first kappa shape index (κ1) is 17.6. The van der Waals surface area contributed by atoms with Crippen molar-refractivity contribution in [2.45, 2.75) is 32.3 Å². The van der Waals surface area contributed by atoms with Gasteiger partial charge in [0.1, 0.15) is 5.75 Å². The summed E-state index contributed by atoms with van der Waals surface area (Å²) >= 11 is 0. The zero-order valence-corrected chi connectivity index (χ0v) is 14.2. The molecular formula is C18H22F2N2O3. The van der Waals surface area contributed by atoms with E-state index in [9.17, 15) is 18.4 Å². The first-order chi connectivity index (χ1) is 11.9. The van der Waals surface area contributed by atoms with Gasteiger partial charge < -0.3 is 14.5 Å². The molecule has 0 bridgehead atoms. The molecule has 3 rings (SSSR count). The lowest BCUT2D eigenvalue weighted by molar-refractivity contribution is -0.137. The van der Waals surface area contributed by atoms with Gasteiger partial charge in [-0.05, 0) is 42.9 Å². The van der Waals surface area contributed by atoms with Gasteiger partial charge in [-0.1, -0.05) is 6.07 Å². The maximum absolute atomic E-state index is 12.6. The van der Waals surface area contributed by atoms with Gasteiger partial charge in [0, 0.05) is 38.7 Å². The molecule has 136 valence electrons. The van der Waals surface area contributed by atoms with E-state index in [1.165, 1.54) is 18.2 Å². The number of likely N-dealkylation sites (tertiary alicyclic amines) is 2. The predicted molar refractivity (Wildman–Crippen MR) is 87.5 cm³/mol. The SMILES string of the molecule is CN1CC2(CCC1=O)CCN(C(=O)c1cccc(OC(F)F)c1)CC2. The summed E-state index contributed by atoms with van der Waals surface area (Å²) in [4.78, 5) is 27.9. The molecule has 1 aromatic carbocycles. The van der Waals surface area contributed by atoms with Crippen LogP contribution in [-0.2, 0) is 4.79 Å². The second kappa shape index (κ2) is 6.98. The van der Waals surface area contributed by atoms with E-state index in [1.807, 2.05) is 7.05 Å². The Balaban J connectivity index is 1.63. The third-order valence-electron chi connectivity index (χ3n) is 5.29. The van der Waals surface area contributed by atoms with Crippen molar-refractivity contribution in [1.29, 1.82) is 0 Å². The molecule has 5 nitrogen and oxygen atoms in total. The topological polar surface area (TPSA) is 49.9 Å². The van der Waals surface area contributed by atoms with Gasteiger partial charge in [0.25, 0.3) is 5.91 Å². The van der Waals surface area contributed by atoms with Crippen molar-refractivity contribution in [3.05, 3.63) is 29.8 Å². The zero-order chi connectivity index (χ0) is 18.0. The molecular weight excluding hydrogens is 330 g/mol. The Morgan fingerprint density at radius 2 is 1.96 bits per heavy atom. The van der Waals surface area contributed by atoms with Gasteiger partial charge in [-0.3, -0.25) is 9.59 Å². The fourth-order valence-corrected chi connectivity index (χ4v) is 3.81. The Hall–Kier alpha value is -2.18. The number of carbonyl (C=O) groups is 2. The van der Waals surface area contributed by atoms with Crippen LogP contribution in [0.1, 0.15) is 36.0 Å². The van der Waals surface area contributed by atoms with E-state index >= 15 is 0 Å². The molecule has 25 heavy (non-hydrogen) atoms. The summed E-state index contributed by atoms with van der Waals surface area (Å²) in [5, 5.41) is 0. The molecule has 0 saturated carbocycles. The highest BCUT2D eigenvalue weighted by molar-refractivity contribution is 5.94. The van der Waals surface area contributed by atoms with Gasteiger partial charge in [0.2, 0.25) is 5.91 Å². The average molecular weight is 352 g/mol. The minimum atomic E-state index is -2.91. The highest BCUT2D eigenvalue weighted by Crippen LogP contribution is 2.40. The molecule has 2 amide bonds. The first-order valence-corrected chi connectivity index (χ1v) is 8.47. The molecule has 2 fully saturated rings. The number of hydrogen-bond acceptors (Lipinski definition) is 3. The Kier molecular flexibility index (Phi) is 4.92. The molecule has 0 unspecified atom stereocenters. The Morgan fingerprint density at radius 1 is 1.24 bits per heavy atom. The van der Waals surface area contributed by atoms with Gasteiger partial charge in [-0.2, -0.15) is 8.78 Å². The molecule has 0 atom stereocenters. The highest BCUT2D eigenvalue weighted by Gasteiger charge is 2.40. The standard InChI is InChI=1S/C18H22F2N2O3/c1-21-12-18(6-5-15(21)23)7-9-22(10-8-18)16(24)13-3-2-4-14(11-13)25-17(19)20/h2-4,11,17H,5-10,12H2,1H3. The number of carbonyl (C=O) groups excluding carboxylic acids is 2. The third kappa shape index (κ3) is 3.91. The van der Waals surface area contributed by atoms with Gasteiger partial charge in [-0.15, -0.1) is 0 Å². The summed E-state index contributed by atoms with van der Waals surface area (Å²) in [6.45, 7) is -0.945. The van der Waals surface area contributed by atoms with Crippen molar-refractivity contribution in [2.24, 2.45) is 5.41 Å². The Labute approximate surface area is 145 Å². The van der Waals surface area contributed by atoms with Crippen LogP contribution in [0.3, 0.4) is 0 Å². The smallest absolute Gasteiger partial charge is 0.387 e. The van der Waals surface area contributed by atoms with E-state index in [0.29, 0.717) is 25.1 Å². The number of piperidine rings is 2. The molecule has 0 aromatic heterocycles. The van der Waals surface area contributed by atoms with Crippen molar-refractivity contribution in [2.75, 3.05) is 26.7 Å². The summed E-state index contributed by atoms with van der Waals surface area (Å²) in [7, 11) is 1.83. The molecule has 0 aliphatic carbocycles. The minimum Gasteiger partial charge on any atom is -0.435 e. The molecule has 0 radical (unpaired) electrons. The largest absolute Gasteiger partial charge is 0.435 e. The van der Waals surface area contributed by atoms with Crippen LogP contribution in [0, 0.1) is 5.41 Å². The predicted octanol–water partition coefficient (Wildman–Crippen LogP) is 2.76. The number of rotatable bonds is 3. The first-order valence-electron chi connectivity index (χ1n) is 8.47. The van der Waals surface area contributed by atoms with Crippen molar-refractivity contribution in [3.63, 3.8) is 0 Å². The number of benzene rings is 1. The van der Waals surface area contributed by atoms with Crippen LogP contribution in [0.25, 0.3) is 0 Å². The van der Waals surface area contributed by atoms with E-state index in [2.05, 4.69) is 4.74 Å². The third-order valence-corrected chi connectivity index (χ3v) is 5.29. The number of alkyl halides is 2. The lowest BCUT2D eigenvalue weighted by Crippen LogP contribution is -2.51. The normalized spacial score (nSPS) is 20.2. The lowest BCUT2D eigenvalue weighted by atomic mass is 9.72. The van der Waals surface area contributed by atoms with Gasteiger partial charge >= 0.3 is 6.61 Å². The van der Waals surface area contributed by atoms with E-state index in [1.54, 1.807) is 15.9 Å². The van der Waals surface area contributed by atoms with Crippen LogP contribution in [0.4, 0.5) is 8.78 Å². The molecule has 2 saturated heterocycles. The molecule has 2 heterocycles. The van der Waals surface area contributed by atoms with Gasteiger partial charge in [-0.25, -0.2) is 0 Å². The Bertz CT molecular complexity index is 657. The molecule has 7 heteroatoms. The van der Waals surface area contributed by atoms with Crippen LogP contribution >= 0.6 is 0 Å². The maximum atomic E-state index is 12.6. The quantitative estimate of drug-likeness (QED) is 0.841. The zero-order valence-electron chi connectivity index (χ0n) is 14.2. The number of amides is 2. The molecule has 2 aliphatic rings. The number of ether oxygens (including phenoxy) is 1. The van der Waals surface area contributed by atoms with E-state index in [-0.39, 0.29) is 23.0 Å². The van der Waals surface area contributed by atoms with Crippen LogP contribution in [0.5, 0.6) is 5.75 Å². The molecule has 1 spiro atoms. The van der Waals surface area contributed by atoms with Crippen molar-refractivity contribution < 1.29 is 23.1 Å². The number of hydrogen-bond donors (Lipinski definition) is 0. The number of nitrogens with zero attached hydrogens (tertiary/aromatic N) is 2. The van der Waals surface area contributed by atoms with E-state index < -0.39 is 6.61 Å². The fourth-order valence-electron chi connectivity index (χ4n) is 3.81. The van der Waals surface area contributed by atoms with Crippen LogP contribution in [0.2, 0.25) is 0 Å². The summed E-state index contributed by atoms with van der Waals surface area (Å²) in [6, 6.07) is 5.91. The maximum Gasteiger partial charge on any atom is 0.387 e. The number of halogens is 2. The fraction of sp³-hybridized carbons (Fsp3) is 0.556. The summed E-state index contributed by atoms with van der Waals surface area (Å²) < 4.78 is 29.0. The minimum absolute atomic E-state index is 0.0123. The molecule has 2 aliphatic heterocycles. The van der Waals surface area contributed by atoms with Crippen molar-refractivity contribution >= 4 is 11.8 Å². The van der Waals surface area contributed by atoms with E-state index in [0.717, 1.165) is 25.8 Å². The Morgan fingerprint density at radius 3 is 2.60 bits per heavy atom.